The molecule has 0 spiro atoms. The van der Waals surface area contributed by atoms with Gasteiger partial charge in [-0.1, -0.05) is 12.1 Å². The number of H-pyrrole nitrogens is 1. The van der Waals surface area contributed by atoms with Crippen LogP contribution in [0.15, 0.2) is 66.2 Å². The summed E-state index contributed by atoms with van der Waals surface area (Å²) in [6.45, 7) is 0.602. The Labute approximate surface area is 154 Å². The maximum absolute atomic E-state index is 13.3. The Morgan fingerprint density at radius 1 is 1.15 bits per heavy atom. The van der Waals surface area contributed by atoms with Crippen LogP contribution in [-0.2, 0) is 16.6 Å². The number of fused-ring (bicyclic) bond motifs is 1. The van der Waals surface area contributed by atoms with Crippen LogP contribution in [0.3, 0.4) is 0 Å². The molecule has 138 valence electrons. The maximum Gasteiger partial charge on any atom is 0.240 e. The zero-order valence-corrected chi connectivity index (χ0v) is 14.9. The number of hydrogen-bond donors (Lipinski definition) is 2. The molecule has 2 aromatic heterocycles. The number of sulfonamides is 1. The van der Waals surface area contributed by atoms with E-state index in [4.69, 9.17) is 0 Å². The molecule has 0 unspecified atom stereocenters. The molecule has 0 aliphatic carbocycles. The summed E-state index contributed by atoms with van der Waals surface area (Å²) in [6, 6.07) is 11.1. The van der Waals surface area contributed by atoms with Gasteiger partial charge in [0.2, 0.25) is 10.0 Å². The number of aromatic nitrogens is 4. The zero-order valence-electron chi connectivity index (χ0n) is 14.1. The molecule has 2 aromatic carbocycles. The van der Waals surface area contributed by atoms with Crippen LogP contribution < -0.4 is 4.72 Å². The molecular formula is C18H16FN5O2S. The van der Waals surface area contributed by atoms with Gasteiger partial charge in [-0.05, 0) is 35.9 Å². The van der Waals surface area contributed by atoms with Crippen LogP contribution in [-0.4, -0.2) is 34.7 Å². The first-order valence-electron chi connectivity index (χ1n) is 8.22. The summed E-state index contributed by atoms with van der Waals surface area (Å²) in [6.07, 6.45) is 4.70. The monoisotopic (exact) mass is 385 g/mol. The van der Waals surface area contributed by atoms with Crippen LogP contribution in [0.2, 0.25) is 0 Å². The van der Waals surface area contributed by atoms with Crippen molar-refractivity contribution in [3.63, 3.8) is 0 Å². The Balaban J connectivity index is 1.52. The standard InChI is InChI=1S/C18H16FN5O2S/c19-14-3-6-16-17(10-21-18(16)9-14)13-1-4-15(5-2-13)27(25,26)23-7-8-24-12-20-11-22-24/h1-6,9-12,21,23H,7-8H2. The van der Waals surface area contributed by atoms with Gasteiger partial charge >= 0.3 is 0 Å². The highest BCUT2D eigenvalue weighted by atomic mass is 32.2. The number of nitrogens with zero attached hydrogens (tertiary/aromatic N) is 3. The van der Waals surface area contributed by atoms with Gasteiger partial charge in [0, 0.05) is 29.2 Å². The average molecular weight is 385 g/mol. The topological polar surface area (TPSA) is 92.7 Å². The van der Waals surface area contributed by atoms with Gasteiger partial charge in [0.25, 0.3) is 0 Å². The van der Waals surface area contributed by atoms with Gasteiger partial charge in [0.15, 0.2) is 0 Å². The highest BCUT2D eigenvalue weighted by Crippen LogP contribution is 2.29. The van der Waals surface area contributed by atoms with Crippen LogP contribution in [0.25, 0.3) is 22.0 Å². The molecule has 4 aromatic rings. The van der Waals surface area contributed by atoms with Crippen molar-refractivity contribution in [2.45, 2.75) is 11.4 Å². The van der Waals surface area contributed by atoms with Crippen molar-refractivity contribution in [1.82, 2.24) is 24.5 Å². The minimum atomic E-state index is -3.62. The van der Waals surface area contributed by atoms with Crippen LogP contribution in [0.5, 0.6) is 0 Å². The molecule has 0 saturated heterocycles. The van der Waals surface area contributed by atoms with E-state index in [1.165, 1.54) is 24.8 Å². The smallest absolute Gasteiger partial charge is 0.240 e. The van der Waals surface area contributed by atoms with Crippen LogP contribution in [0.4, 0.5) is 4.39 Å². The van der Waals surface area contributed by atoms with Gasteiger partial charge in [-0.3, -0.25) is 4.68 Å². The summed E-state index contributed by atoms with van der Waals surface area (Å²) in [5, 5.41) is 4.80. The molecule has 9 heteroatoms. The first kappa shape index (κ1) is 17.4. The van der Waals surface area contributed by atoms with E-state index in [2.05, 4.69) is 19.8 Å². The van der Waals surface area contributed by atoms with Crippen LogP contribution in [0.1, 0.15) is 0 Å². The predicted octanol–water partition coefficient (Wildman–Crippen LogP) is 2.54. The van der Waals surface area contributed by atoms with E-state index in [0.717, 1.165) is 16.5 Å². The summed E-state index contributed by atoms with van der Waals surface area (Å²) < 4.78 is 42.2. The van der Waals surface area contributed by atoms with Crippen molar-refractivity contribution >= 4 is 20.9 Å². The van der Waals surface area contributed by atoms with Crippen molar-refractivity contribution < 1.29 is 12.8 Å². The maximum atomic E-state index is 13.3. The van der Waals surface area contributed by atoms with Gasteiger partial charge in [-0.25, -0.2) is 22.5 Å². The van der Waals surface area contributed by atoms with Crippen molar-refractivity contribution in [2.75, 3.05) is 6.54 Å². The summed E-state index contributed by atoms with van der Waals surface area (Å²) in [5.74, 6) is -0.311. The summed E-state index contributed by atoms with van der Waals surface area (Å²) in [7, 11) is -3.62. The average Bonchev–Trinajstić information content (AvgIpc) is 3.31. The molecule has 2 heterocycles. The molecule has 0 atom stereocenters. The molecule has 0 radical (unpaired) electrons. The number of aromatic amines is 1. The van der Waals surface area contributed by atoms with E-state index >= 15 is 0 Å². The molecule has 0 saturated carbocycles. The third kappa shape index (κ3) is 3.60. The molecule has 0 aliphatic heterocycles. The Hall–Kier alpha value is -3.04. The molecule has 4 rings (SSSR count). The first-order valence-corrected chi connectivity index (χ1v) is 9.70. The number of benzene rings is 2. The largest absolute Gasteiger partial charge is 0.360 e. The molecule has 7 nitrogen and oxygen atoms in total. The number of rotatable bonds is 6. The molecular weight excluding hydrogens is 369 g/mol. The van der Waals surface area contributed by atoms with Crippen molar-refractivity contribution in [3.8, 4) is 11.1 Å². The van der Waals surface area contributed by atoms with Gasteiger partial charge < -0.3 is 4.98 Å². The molecule has 0 aliphatic rings. The third-order valence-corrected chi connectivity index (χ3v) is 5.70. The normalized spacial score (nSPS) is 11.9. The summed E-state index contributed by atoms with van der Waals surface area (Å²) in [5.41, 5.74) is 2.42. The fourth-order valence-electron chi connectivity index (χ4n) is 2.88. The fourth-order valence-corrected chi connectivity index (χ4v) is 3.90. The molecule has 0 fully saturated rings. The van der Waals surface area contributed by atoms with Crippen LogP contribution >= 0.6 is 0 Å². The fraction of sp³-hybridized carbons (Fsp3) is 0.111. The molecule has 0 bridgehead atoms. The van der Waals surface area contributed by atoms with Gasteiger partial charge in [0.1, 0.15) is 18.5 Å². The molecule has 2 N–H and O–H groups in total. The second kappa shape index (κ2) is 6.93. The van der Waals surface area contributed by atoms with E-state index in [1.807, 2.05) is 0 Å². The lowest BCUT2D eigenvalue weighted by molar-refractivity contribution is 0.560. The Morgan fingerprint density at radius 2 is 1.96 bits per heavy atom. The lowest BCUT2D eigenvalue weighted by Gasteiger charge is -2.08. The number of halogens is 1. The van der Waals surface area contributed by atoms with Crippen molar-refractivity contribution in [1.29, 1.82) is 0 Å². The molecule has 27 heavy (non-hydrogen) atoms. The second-order valence-electron chi connectivity index (χ2n) is 5.97. The van der Waals surface area contributed by atoms with Crippen molar-refractivity contribution in [2.24, 2.45) is 0 Å². The summed E-state index contributed by atoms with van der Waals surface area (Å²) >= 11 is 0. The summed E-state index contributed by atoms with van der Waals surface area (Å²) in [4.78, 5) is 7.01. The lowest BCUT2D eigenvalue weighted by atomic mass is 10.1. The van der Waals surface area contributed by atoms with E-state index < -0.39 is 10.0 Å². The number of nitrogens with one attached hydrogen (secondary N) is 2. The van der Waals surface area contributed by atoms with E-state index in [9.17, 15) is 12.8 Å². The SMILES string of the molecule is O=S(=O)(NCCn1cncn1)c1ccc(-c2c[nH]c3cc(F)ccc23)cc1. The number of hydrogen-bond acceptors (Lipinski definition) is 4. The quantitative estimate of drug-likeness (QED) is 0.533. The highest BCUT2D eigenvalue weighted by Gasteiger charge is 2.14. The van der Waals surface area contributed by atoms with E-state index in [1.54, 1.807) is 41.2 Å². The predicted molar refractivity (Wildman–Crippen MR) is 98.9 cm³/mol. The Bertz CT molecular complexity index is 1170. The first-order chi connectivity index (χ1) is 13.0. The van der Waals surface area contributed by atoms with Crippen molar-refractivity contribution in [3.05, 3.63) is 67.1 Å². The van der Waals surface area contributed by atoms with Gasteiger partial charge in [0.05, 0.1) is 11.4 Å². The third-order valence-electron chi connectivity index (χ3n) is 4.22. The minimum Gasteiger partial charge on any atom is -0.360 e. The highest BCUT2D eigenvalue weighted by molar-refractivity contribution is 7.89. The zero-order chi connectivity index (χ0) is 18.9. The minimum absolute atomic E-state index is 0.177. The molecule has 0 amide bonds. The second-order valence-corrected chi connectivity index (χ2v) is 7.74. The van der Waals surface area contributed by atoms with E-state index in [-0.39, 0.29) is 17.3 Å². The van der Waals surface area contributed by atoms with Gasteiger partial charge in [-0.2, -0.15) is 5.10 Å². The lowest BCUT2D eigenvalue weighted by Crippen LogP contribution is -2.27. The van der Waals surface area contributed by atoms with Crippen LogP contribution in [0, 0.1) is 5.82 Å². The van der Waals surface area contributed by atoms with Gasteiger partial charge in [-0.15, -0.1) is 0 Å². The Kier molecular flexibility index (Phi) is 4.46. The Morgan fingerprint density at radius 3 is 2.70 bits per heavy atom. The van der Waals surface area contributed by atoms with E-state index in [0.29, 0.717) is 12.1 Å².